The highest BCUT2D eigenvalue weighted by atomic mass is 31.2. The fourth-order valence-electron chi connectivity index (χ4n) is 2.73. The van der Waals surface area contributed by atoms with Crippen LogP contribution in [0.1, 0.15) is 79.1 Å². The first-order valence-corrected chi connectivity index (χ1v) is 13.2. The molecule has 0 saturated heterocycles. The van der Waals surface area contributed by atoms with Crippen LogP contribution in [0.2, 0.25) is 0 Å². The summed E-state index contributed by atoms with van der Waals surface area (Å²) < 4.78 is 36.3. The van der Waals surface area contributed by atoms with Crippen LogP contribution in [0.5, 0.6) is 0 Å². The van der Waals surface area contributed by atoms with E-state index in [1.54, 1.807) is 0 Å². The third kappa shape index (κ3) is 21.2. The Balaban J connectivity index is 3.58. The Kier molecular flexibility index (Phi) is 13.6. The van der Waals surface area contributed by atoms with Crippen molar-refractivity contribution in [3.05, 3.63) is 0 Å². The van der Waals surface area contributed by atoms with Gasteiger partial charge in [-0.1, -0.05) is 53.4 Å². The number of phosphoric acid groups is 2. The molecule has 9 nitrogen and oxygen atoms in total. The number of phosphoric ester groups is 2. The molecule has 0 saturated carbocycles. The lowest BCUT2D eigenvalue weighted by Gasteiger charge is -2.24. The molecular weight excluding hydrogens is 422 g/mol. The second-order valence-corrected chi connectivity index (χ2v) is 11.6. The van der Waals surface area contributed by atoms with Crippen molar-refractivity contribution in [1.82, 2.24) is 0 Å². The van der Waals surface area contributed by atoms with Gasteiger partial charge in [0, 0.05) is 13.2 Å². The molecule has 0 spiro atoms. The number of hydrogen-bond donors (Lipinski definition) is 4. The fourth-order valence-corrected chi connectivity index (χ4v) is 3.77. The molecule has 0 aliphatic carbocycles. The summed E-state index contributed by atoms with van der Waals surface area (Å²) in [7, 11) is -8.81. The van der Waals surface area contributed by atoms with Gasteiger partial charge in [0.05, 0.1) is 13.2 Å². The molecule has 0 atom stereocenters. The van der Waals surface area contributed by atoms with Crippen molar-refractivity contribution in [2.45, 2.75) is 79.1 Å². The largest absolute Gasteiger partial charge is 0.469 e. The standard InChI is InChI=1S/C18H40O9P2/c1-17(2,15-26-28(19,20)21)11-7-5-9-13-25-14-10-6-8-12-18(3,4)16-27-29(22,23)24/h5-16H2,1-4H3,(H2,19,20,21)(H2,22,23,24). The molecule has 176 valence electrons. The maximum atomic E-state index is 10.8. The Labute approximate surface area is 175 Å². The third-order valence-electron chi connectivity index (χ3n) is 4.53. The molecule has 0 fully saturated rings. The topological polar surface area (TPSA) is 143 Å². The summed E-state index contributed by atoms with van der Waals surface area (Å²) in [5.41, 5.74) is -0.543. The molecule has 11 heteroatoms. The molecule has 0 aliphatic rings. The van der Waals surface area contributed by atoms with Gasteiger partial charge in [0.2, 0.25) is 0 Å². The predicted octanol–water partition coefficient (Wildman–Crippen LogP) is 4.39. The maximum Gasteiger partial charge on any atom is 0.469 e. The fraction of sp³-hybridized carbons (Fsp3) is 1.00. The second-order valence-electron chi connectivity index (χ2n) is 9.09. The summed E-state index contributed by atoms with van der Waals surface area (Å²) in [6.07, 6.45) is 7.44. The van der Waals surface area contributed by atoms with Crippen molar-refractivity contribution in [1.29, 1.82) is 0 Å². The minimum Gasteiger partial charge on any atom is -0.381 e. The molecule has 29 heavy (non-hydrogen) atoms. The molecule has 0 unspecified atom stereocenters. The summed E-state index contributed by atoms with van der Waals surface area (Å²) in [4.78, 5) is 35.0. The molecule has 0 aliphatic heterocycles. The van der Waals surface area contributed by atoms with E-state index < -0.39 is 15.6 Å². The Morgan fingerprint density at radius 2 is 0.966 bits per heavy atom. The van der Waals surface area contributed by atoms with Crippen LogP contribution in [-0.4, -0.2) is 46.0 Å². The van der Waals surface area contributed by atoms with Crippen LogP contribution in [-0.2, 0) is 22.9 Å². The second kappa shape index (κ2) is 13.6. The first-order chi connectivity index (χ1) is 13.1. The van der Waals surface area contributed by atoms with E-state index in [-0.39, 0.29) is 24.0 Å². The van der Waals surface area contributed by atoms with Crippen molar-refractivity contribution in [2.75, 3.05) is 26.4 Å². The molecule has 0 heterocycles. The van der Waals surface area contributed by atoms with Gasteiger partial charge in [-0.15, -0.1) is 0 Å². The summed E-state index contributed by atoms with van der Waals surface area (Å²) in [5, 5.41) is 0. The minimum absolute atomic E-state index is 0.0377. The third-order valence-corrected chi connectivity index (χ3v) is 5.46. The molecule has 4 N–H and O–H groups in total. The zero-order chi connectivity index (χ0) is 22.6. The van der Waals surface area contributed by atoms with Gasteiger partial charge in [0.25, 0.3) is 0 Å². The van der Waals surface area contributed by atoms with Crippen molar-refractivity contribution in [3.63, 3.8) is 0 Å². The van der Waals surface area contributed by atoms with Gasteiger partial charge in [0.15, 0.2) is 0 Å². The van der Waals surface area contributed by atoms with E-state index in [2.05, 4.69) is 9.05 Å². The molecule has 0 aromatic heterocycles. The molecule has 0 aromatic rings. The lowest BCUT2D eigenvalue weighted by atomic mass is 9.88. The van der Waals surface area contributed by atoms with Crippen molar-refractivity contribution >= 4 is 15.6 Å². The molecule has 0 aromatic carbocycles. The minimum atomic E-state index is -4.41. The monoisotopic (exact) mass is 462 g/mol. The van der Waals surface area contributed by atoms with E-state index in [1.807, 2.05) is 27.7 Å². The highest BCUT2D eigenvalue weighted by Crippen LogP contribution is 2.40. The van der Waals surface area contributed by atoms with Crippen molar-refractivity contribution < 1.29 is 42.5 Å². The van der Waals surface area contributed by atoms with Gasteiger partial charge in [-0.05, 0) is 36.5 Å². The predicted molar refractivity (Wildman–Crippen MR) is 111 cm³/mol. The van der Waals surface area contributed by atoms with E-state index in [0.717, 1.165) is 51.4 Å². The molecular formula is C18H40O9P2. The van der Waals surface area contributed by atoms with E-state index in [4.69, 9.17) is 24.3 Å². The zero-order valence-corrected chi connectivity index (χ0v) is 20.0. The van der Waals surface area contributed by atoms with Gasteiger partial charge in [-0.3, -0.25) is 9.05 Å². The van der Waals surface area contributed by atoms with Gasteiger partial charge in [0.1, 0.15) is 0 Å². The summed E-state index contributed by atoms with van der Waals surface area (Å²) >= 11 is 0. The lowest BCUT2D eigenvalue weighted by Crippen LogP contribution is -2.18. The van der Waals surface area contributed by atoms with Crippen molar-refractivity contribution in [2.24, 2.45) is 10.8 Å². The van der Waals surface area contributed by atoms with Crippen LogP contribution in [0.4, 0.5) is 0 Å². The molecule has 0 radical (unpaired) electrons. The maximum absolute atomic E-state index is 10.8. The SMILES string of the molecule is CC(C)(CCCCCOCCCCCC(C)(C)COP(=O)(O)O)COP(=O)(O)O. The summed E-state index contributed by atoms with van der Waals surface area (Å²) in [6, 6.07) is 0. The van der Waals surface area contributed by atoms with Gasteiger partial charge in [-0.2, -0.15) is 0 Å². The Morgan fingerprint density at radius 1 is 0.621 bits per heavy atom. The van der Waals surface area contributed by atoms with E-state index in [1.165, 1.54) is 0 Å². The zero-order valence-electron chi connectivity index (χ0n) is 18.2. The van der Waals surface area contributed by atoms with Crippen LogP contribution in [0.15, 0.2) is 0 Å². The van der Waals surface area contributed by atoms with E-state index in [0.29, 0.717) is 13.2 Å². The van der Waals surface area contributed by atoms with E-state index >= 15 is 0 Å². The lowest BCUT2D eigenvalue weighted by molar-refractivity contribution is 0.111. The first kappa shape index (κ1) is 29.2. The van der Waals surface area contributed by atoms with Crippen LogP contribution in [0.25, 0.3) is 0 Å². The molecule has 0 bridgehead atoms. The number of unbranched alkanes of at least 4 members (excludes halogenated alkanes) is 4. The Hall–Kier alpha value is 0.180. The average molecular weight is 462 g/mol. The van der Waals surface area contributed by atoms with Crippen LogP contribution in [0, 0.1) is 10.8 Å². The number of hydrogen-bond acceptors (Lipinski definition) is 5. The molecule has 0 amide bonds. The molecule has 0 rings (SSSR count). The van der Waals surface area contributed by atoms with Crippen molar-refractivity contribution in [3.8, 4) is 0 Å². The highest BCUT2D eigenvalue weighted by Gasteiger charge is 2.24. The van der Waals surface area contributed by atoms with Crippen LogP contribution >= 0.6 is 15.6 Å². The van der Waals surface area contributed by atoms with E-state index in [9.17, 15) is 9.13 Å². The number of ether oxygens (including phenoxy) is 1. The first-order valence-electron chi connectivity index (χ1n) is 10.1. The van der Waals surface area contributed by atoms with Gasteiger partial charge >= 0.3 is 15.6 Å². The summed E-state index contributed by atoms with van der Waals surface area (Å²) in [5.74, 6) is 0. The van der Waals surface area contributed by atoms with Gasteiger partial charge in [-0.25, -0.2) is 9.13 Å². The smallest absolute Gasteiger partial charge is 0.381 e. The quantitative estimate of drug-likeness (QED) is 0.172. The highest BCUT2D eigenvalue weighted by molar-refractivity contribution is 7.46. The van der Waals surface area contributed by atoms with Crippen LogP contribution in [0.3, 0.4) is 0 Å². The summed E-state index contributed by atoms with van der Waals surface area (Å²) in [6.45, 7) is 9.18. The Morgan fingerprint density at radius 3 is 1.28 bits per heavy atom. The Bertz CT molecular complexity index is 479. The number of rotatable bonds is 18. The van der Waals surface area contributed by atoms with Crippen LogP contribution < -0.4 is 0 Å². The average Bonchev–Trinajstić information content (AvgIpc) is 2.55. The van der Waals surface area contributed by atoms with Gasteiger partial charge < -0.3 is 24.3 Å². The normalized spacial score (nSPS) is 13.8.